The van der Waals surface area contributed by atoms with Crippen LogP contribution in [0, 0.1) is 0 Å². The second kappa shape index (κ2) is 11.9. The van der Waals surface area contributed by atoms with Gasteiger partial charge in [0.2, 0.25) is 5.88 Å². The highest BCUT2D eigenvalue weighted by Crippen LogP contribution is 2.32. The van der Waals surface area contributed by atoms with Crippen molar-refractivity contribution < 1.29 is 28.2 Å². The van der Waals surface area contributed by atoms with Crippen molar-refractivity contribution in [1.82, 2.24) is 14.5 Å². The van der Waals surface area contributed by atoms with E-state index >= 15 is 4.39 Å². The van der Waals surface area contributed by atoms with Crippen molar-refractivity contribution >= 4 is 28.6 Å². The Hall–Kier alpha value is -4.34. The number of imidazole rings is 1. The molecule has 0 bridgehead atoms. The van der Waals surface area contributed by atoms with Gasteiger partial charge in [-0.3, -0.25) is 0 Å². The van der Waals surface area contributed by atoms with Gasteiger partial charge in [-0.2, -0.15) is 4.39 Å². The summed E-state index contributed by atoms with van der Waals surface area (Å²) < 4.78 is 43.7. The molecule has 0 aliphatic carbocycles. The number of fused-ring (bicyclic) bond motifs is 1. The van der Waals surface area contributed by atoms with Gasteiger partial charge in [0.05, 0.1) is 34.9 Å². The van der Waals surface area contributed by atoms with Crippen molar-refractivity contribution in [2.75, 3.05) is 6.61 Å². The molecule has 6 rings (SSSR count). The number of aromatic nitrogens is 3. The Kier molecular flexibility index (Phi) is 7.86. The molecule has 0 amide bonds. The van der Waals surface area contributed by atoms with Gasteiger partial charge < -0.3 is 19.1 Å². The minimum Gasteiger partial charge on any atom is -0.478 e. The lowest BCUT2D eigenvalue weighted by Crippen LogP contribution is -2.18. The first-order chi connectivity index (χ1) is 20.4. The molecular formula is C32H26ClF2N3O4. The van der Waals surface area contributed by atoms with E-state index in [2.05, 4.69) is 9.97 Å². The summed E-state index contributed by atoms with van der Waals surface area (Å²) in [4.78, 5) is 20.6. The number of alkyl halides is 2. The maximum absolute atomic E-state index is 16.1. The molecule has 1 aliphatic heterocycles. The topological polar surface area (TPSA) is 86.5 Å². The molecule has 1 saturated heterocycles. The van der Waals surface area contributed by atoms with Crippen LogP contribution in [0.4, 0.5) is 8.78 Å². The predicted octanol–water partition coefficient (Wildman–Crippen LogP) is 7.73. The number of ether oxygens (including phenoxy) is 2. The second-order valence-corrected chi connectivity index (χ2v) is 10.5. The maximum Gasteiger partial charge on any atom is 0.335 e. The van der Waals surface area contributed by atoms with Gasteiger partial charge in [0.1, 0.15) is 5.82 Å². The fourth-order valence-corrected chi connectivity index (χ4v) is 5.18. The minimum atomic E-state index is -1.72. The lowest BCUT2D eigenvalue weighted by atomic mass is 10.0. The third kappa shape index (κ3) is 5.84. The highest BCUT2D eigenvalue weighted by Gasteiger charge is 2.26. The molecule has 1 fully saturated rings. The van der Waals surface area contributed by atoms with Gasteiger partial charge >= 0.3 is 5.97 Å². The van der Waals surface area contributed by atoms with Crippen LogP contribution in [0.2, 0.25) is 5.02 Å². The van der Waals surface area contributed by atoms with E-state index in [1.165, 1.54) is 12.1 Å². The molecule has 3 heterocycles. The van der Waals surface area contributed by atoms with Crippen molar-refractivity contribution in [3.8, 4) is 17.1 Å². The summed E-state index contributed by atoms with van der Waals surface area (Å²) in [5.74, 6) is -0.780. The molecule has 0 saturated carbocycles. The first-order valence-electron chi connectivity index (χ1n) is 13.5. The first kappa shape index (κ1) is 27.8. The third-order valence-electron chi connectivity index (χ3n) is 7.24. The summed E-state index contributed by atoms with van der Waals surface area (Å²) in [6.07, 6.45) is -1.65. The highest BCUT2D eigenvalue weighted by molar-refractivity contribution is 6.30. The number of aromatic carboxylic acids is 1. The van der Waals surface area contributed by atoms with Crippen molar-refractivity contribution in [2.24, 2.45) is 0 Å². The van der Waals surface area contributed by atoms with Crippen LogP contribution in [0.15, 0.2) is 84.9 Å². The molecule has 0 radical (unpaired) electrons. The number of hydrogen-bond acceptors (Lipinski definition) is 5. The number of pyridine rings is 1. The summed E-state index contributed by atoms with van der Waals surface area (Å²) >= 11 is 5.88. The lowest BCUT2D eigenvalue weighted by molar-refractivity contribution is 0.0624. The van der Waals surface area contributed by atoms with Crippen LogP contribution in [0.5, 0.6) is 5.88 Å². The van der Waals surface area contributed by atoms with Crippen LogP contribution in [-0.4, -0.2) is 38.3 Å². The average molecular weight is 590 g/mol. The van der Waals surface area contributed by atoms with Crippen molar-refractivity contribution in [3.05, 3.63) is 112 Å². The van der Waals surface area contributed by atoms with Gasteiger partial charge in [-0.05, 0) is 54.8 Å². The number of hydrogen-bond donors (Lipinski definition) is 1. The molecule has 3 aromatic carbocycles. The Balaban J connectivity index is 1.25. The van der Waals surface area contributed by atoms with E-state index in [1.54, 1.807) is 77.4 Å². The van der Waals surface area contributed by atoms with Gasteiger partial charge in [0.15, 0.2) is 6.17 Å². The van der Waals surface area contributed by atoms with Gasteiger partial charge in [-0.15, -0.1) is 0 Å². The molecule has 7 nitrogen and oxygen atoms in total. The normalized spacial score (nSPS) is 16.4. The molecule has 42 heavy (non-hydrogen) atoms. The monoisotopic (exact) mass is 589 g/mol. The number of carbonyl (C=O) groups is 1. The molecule has 0 spiro atoms. The van der Waals surface area contributed by atoms with Crippen molar-refractivity contribution in [2.45, 2.75) is 38.0 Å². The molecule has 5 aromatic rings. The smallest absolute Gasteiger partial charge is 0.335 e. The zero-order chi connectivity index (χ0) is 29.2. The third-order valence-corrected chi connectivity index (χ3v) is 7.49. The van der Waals surface area contributed by atoms with Crippen LogP contribution in [-0.2, 0) is 11.3 Å². The largest absolute Gasteiger partial charge is 0.478 e. The van der Waals surface area contributed by atoms with Crippen LogP contribution in [0.1, 0.15) is 52.7 Å². The molecule has 1 aliphatic rings. The van der Waals surface area contributed by atoms with Crippen molar-refractivity contribution in [3.63, 3.8) is 0 Å². The van der Waals surface area contributed by atoms with Crippen LogP contribution < -0.4 is 4.74 Å². The first-order valence-corrected chi connectivity index (χ1v) is 13.9. The molecule has 3 atom stereocenters. The summed E-state index contributed by atoms with van der Waals surface area (Å²) in [5, 5.41) is 9.99. The average Bonchev–Trinajstić information content (AvgIpc) is 3.65. The Morgan fingerprint density at radius 3 is 2.50 bits per heavy atom. The van der Waals surface area contributed by atoms with E-state index < -0.39 is 18.5 Å². The fourth-order valence-electron chi connectivity index (χ4n) is 5.05. The summed E-state index contributed by atoms with van der Waals surface area (Å²) in [6, 6.07) is 22.6. The number of carboxylic acids is 1. The Morgan fingerprint density at radius 1 is 1.02 bits per heavy atom. The zero-order valence-electron chi connectivity index (χ0n) is 22.3. The quantitative estimate of drug-likeness (QED) is 0.189. The van der Waals surface area contributed by atoms with Crippen LogP contribution in [0.25, 0.3) is 22.3 Å². The predicted molar refractivity (Wildman–Crippen MR) is 154 cm³/mol. The lowest BCUT2D eigenvalue weighted by Gasteiger charge is -2.17. The number of nitrogens with zero attached hydrogens (tertiary/aromatic N) is 3. The van der Waals surface area contributed by atoms with E-state index in [-0.39, 0.29) is 23.4 Å². The van der Waals surface area contributed by atoms with Crippen LogP contribution >= 0.6 is 11.6 Å². The van der Waals surface area contributed by atoms with Gasteiger partial charge in [0.25, 0.3) is 6.36 Å². The van der Waals surface area contributed by atoms with E-state index in [1.807, 2.05) is 0 Å². The number of halogens is 3. The highest BCUT2D eigenvalue weighted by atomic mass is 35.5. The SMILES string of the molecule is O=C(O)c1ccc2nc(C(F)c3ccc(-c4cccc(OC(F)c5ccc(Cl)cc5)n4)cc3)n(C[C@@H]3CCCO3)c2c1. The van der Waals surface area contributed by atoms with E-state index in [0.717, 1.165) is 12.8 Å². The summed E-state index contributed by atoms with van der Waals surface area (Å²) in [6.45, 7) is 1.01. The molecule has 214 valence electrons. The van der Waals surface area contributed by atoms with Crippen molar-refractivity contribution in [1.29, 1.82) is 0 Å². The van der Waals surface area contributed by atoms with E-state index in [9.17, 15) is 14.3 Å². The minimum absolute atomic E-state index is 0.103. The summed E-state index contributed by atoms with van der Waals surface area (Å²) in [5.41, 5.74) is 3.08. The number of carboxylic acid groups (broad SMARTS) is 1. The maximum atomic E-state index is 16.1. The van der Waals surface area contributed by atoms with Gasteiger partial charge in [-0.1, -0.05) is 54.1 Å². The van der Waals surface area contributed by atoms with Crippen LogP contribution in [0.3, 0.4) is 0 Å². The Morgan fingerprint density at radius 2 is 1.79 bits per heavy atom. The Bertz CT molecular complexity index is 1720. The van der Waals surface area contributed by atoms with E-state index in [0.29, 0.717) is 51.6 Å². The second-order valence-electron chi connectivity index (χ2n) is 10.1. The molecule has 10 heteroatoms. The molecule has 2 unspecified atom stereocenters. The number of rotatable bonds is 9. The van der Waals surface area contributed by atoms with E-state index in [4.69, 9.17) is 21.1 Å². The molecule has 2 aromatic heterocycles. The number of benzene rings is 3. The zero-order valence-corrected chi connectivity index (χ0v) is 23.0. The Labute approximate surface area is 245 Å². The summed E-state index contributed by atoms with van der Waals surface area (Å²) in [7, 11) is 0. The van der Waals surface area contributed by atoms with Gasteiger partial charge in [-0.25, -0.2) is 19.2 Å². The molecule has 1 N–H and O–H groups in total. The van der Waals surface area contributed by atoms with Gasteiger partial charge in [0, 0.05) is 28.8 Å². The molecular weight excluding hydrogens is 564 g/mol. The fraction of sp³-hybridized carbons (Fsp3) is 0.219. The standard InChI is InChI=1S/C32H26ClF2N3O4/c33-23-13-10-21(11-14-23)30(35)42-28-5-1-4-25(36-28)19-6-8-20(9-7-19)29(34)31-37-26-15-12-22(32(39)40)17-27(26)38(31)18-24-3-2-16-41-24/h1,4-15,17,24,29-30H,2-3,16,18H2,(H,39,40)/t24-,29?,30?/m0/s1.